The monoisotopic (exact) mass is 336 g/mol. The number of carbonyl (C=O) groups excluding carboxylic acids is 2. The standard InChI is InChI=1S/C17H28N4O3/c1-10(2)13-9-18-14(19-13)8-12-6-7-21(12)16(22)15(11(3)4)20-17(23)24-5/h9-12,15H,6-8H2,1-5H3,(H,18,19)(H,20,23)/t12-,15-/m0/s1. The lowest BCUT2D eigenvalue weighted by molar-refractivity contribution is -0.142. The summed E-state index contributed by atoms with van der Waals surface area (Å²) in [4.78, 5) is 33.9. The predicted octanol–water partition coefficient (Wildman–Crippen LogP) is 2.06. The van der Waals surface area contributed by atoms with E-state index in [1.807, 2.05) is 24.9 Å². The molecule has 2 amide bonds. The summed E-state index contributed by atoms with van der Waals surface area (Å²) in [6.45, 7) is 8.74. The van der Waals surface area contributed by atoms with Crippen LogP contribution >= 0.6 is 0 Å². The summed E-state index contributed by atoms with van der Waals surface area (Å²) in [6.07, 6.45) is 3.01. The molecule has 0 unspecified atom stereocenters. The highest BCUT2D eigenvalue weighted by Gasteiger charge is 2.38. The van der Waals surface area contributed by atoms with E-state index in [1.165, 1.54) is 7.11 Å². The molecule has 1 aliphatic rings. The van der Waals surface area contributed by atoms with E-state index in [2.05, 4.69) is 33.9 Å². The van der Waals surface area contributed by atoms with E-state index in [0.717, 1.165) is 17.9 Å². The van der Waals surface area contributed by atoms with Crippen molar-refractivity contribution in [1.82, 2.24) is 20.2 Å². The van der Waals surface area contributed by atoms with Gasteiger partial charge in [-0.15, -0.1) is 0 Å². The minimum Gasteiger partial charge on any atom is -0.453 e. The molecule has 2 heterocycles. The summed E-state index contributed by atoms with van der Waals surface area (Å²) in [6, 6.07) is -0.438. The molecule has 1 saturated heterocycles. The van der Waals surface area contributed by atoms with E-state index < -0.39 is 12.1 Å². The van der Waals surface area contributed by atoms with Gasteiger partial charge in [-0.3, -0.25) is 4.79 Å². The lowest BCUT2D eigenvalue weighted by atomic mass is 9.95. The van der Waals surface area contributed by atoms with Crippen molar-refractivity contribution in [1.29, 1.82) is 0 Å². The Hall–Kier alpha value is -2.05. The molecule has 134 valence electrons. The Kier molecular flexibility index (Phi) is 5.85. The lowest BCUT2D eigenvalue weighted by Crippen LogP contribution is -2.59. The molecule has 1 fully saturated rings. The van der Waals surface area contributed by atoms with Crippen LogP contribution in [-0.2, 0) is 16.0 Å². The van der Waals surface area contributed by atoms with Crippen LogP contribution in [0.4, 0.5) is 4.79 Å². The summed E-state index contributed by atoms with van der Waals surface area (Å²) in [5.74, 6) is 1.23. The number of rotatable bonds is 6. The first-order valence-electron chi connectivity index (χ1n) is 8.52. The van der Waals surface area contributed by atoms with E-state index >= 15 is 0 Å². The van der Waals surface area contributed by atoms with Crippen molar-refractivity contribution in [2.45, 2.75) is 58.5 Å². The molecule has 1 aromatic rings. The second-order valence-electron chi connectivity index (χ2n) is 6.96. The molecule has 2 rings (SSSR count). The topological polar surface area (TPSA) is 87.3 Å². The van der Waals surface area contributed by atoms with Crippen molar-refractivity contribution >= 4 is 12.0 Å². The quantitative estimate of drug-likeness (QED) is 0.832. The van der Waals surface area contributed by atoms with Crippen molar-refractivity contribution in [3.05, 3.63) is 17.7 Å². The summed E-state index contributed by atoms with van der Waals surface area (Å²) in [5, 5.41) is 2.64. The van der Waals surface area contributed by atoms with Crippen LogP contribution in [0.2, 0.25) is 0 Å². The van der Waals surface area contributed by atoms with Gasteiger partial charge in [-0.25, -0.2) is 9.78 Å². The molecule has 0 spiro atoms. The number of alkyl carbamates (subject to hydrolysis) is 1. The number of aromatic nitrogens is 2. The molecule has 7 heteroatoms. The summed E-state index contributed by atoms with van der Waals surface area (Å²) in [7, 11) is 1.30. The highest BCUT2D eigenvalue weighted by atomic mass is 16.5. The minimum atomic E-state index is -0.577. The number of carbonyl (C=O) groups is 2. The largest absolute Gasteiger partial charge is 0.453 e. The van der Waals surface area contributed by atoms with E-state index in [4.69, 9.17) is 0 Å². The maximum Gasteiger partial charge on any atom is 0.407 e. The molecule has 2 atom stereocenters. The van der Waals surface area contributed by atoms with Gasteiger partial charge in [0.05, 0.1) is 12.8 Å². The van der Waals surface area contributed by atoms with Gasteiger partial charge in [0.1, 0.15) is 11.9 Å². The second-order valence-corrected chi connectivity index (χ2v) is 6.96. The highest BCUT2D eigenvalue weighted by molar-refractivity contribution is 5.86. The maximum absolute atomic E-state index is 12.8. The van der Waals surface area contributed by atoms with Crippen LogP contribution in [0.1, 0.15) is 51.6 Å². The molecule has 0 saturated carbocycles. The molecule has 2 N–H and O–H groups in total. The van der Waals surface area contributed by atoms with Gasteiger partial charge < -0.3 is 19.9 Å². The average molecular weight is 336 g/mol. The van der Waals surface area contributed by atoms with E-state index in [1.54, 1.807) is 0 Å². The van der Waals surface area contributed by atoms with Crippen molar-refractivity contribution in [2.24, 2.45) is 5.92 Å². The minimum absolute atomic E-state index is 0.00555. The Morgan fingerprint density at radius 2 is 2.12 bits per heavy atom. The van der Waals surface area contributed by atoms with E-state index in [0.29, 0.717) is 18.9 Å². The van der Waals surface area contributed by atoms with Crippen LogP contribution in [0.25, 0.3) is 0 Å². The number of H-pyrrole nitrogens is 1. The maximum atomic E-state index is 12.8. The number of ether oxygens (including phenoxy) is 1. The Bertz CT molecular complexity index is 582. The molecule has 0 aromatic carbocycles. The lowest BCUT2D eigenvalue weighted by Gasteiger charge is -2.43. The number of amides is 2. The highest BCUT2D eigenvalue weighted by Crippen LogP contribution is 2.24. The predicted molar refractivity (Wildman–Crippen MR) is 90.7 cm³/mol. The summed E-state index contributed by atoms with van der Waals surface area (Å²) >= 11 is 0. The fourth-order valence-corrected chi connectivity index (χ4v) is 2.82. The average Bonchev–Trinajstić information content (AvgIpc) is 2.97. The molecule has 1 aromatic heterocycles. The fourth-order valence-electron chi connectivity index (χ4n) is 2.82. The summed E-state index contributed by atoms with van der Waals surface area (Å²) in [5.41, 5.74) is 1.04. The van der Waals surface area contributed by atoms with Gasteiger partial charge in [0.25, 0.3) is 0 Å². The van der Waals surface area contributed by atoms with Crippen LogP contribution in [0.5, 0.6) is 0 Å². The molecule has 1 aliphatic heterocycles. The number of hydrogen-bond donors (Lipinski definition) is 2. The fraction of sp³-hybridized carbons (Fsp3) is 0.706. The zero-order valence-electron chi connectivity index (χ0n) is 15.1. The number of methoxy groups -OCH3 is 1. The Morgan fingerprint density at radius 3 is 2.58 bits per heavy atom. The zero-order valence-corrected chi connectivity index (χ0v) is 15.1. The normalized spacial score (nSPS) is 18.5. The van der Waals surface area contributed by atoms with Crippen molar-refractivity contribution in [2.75, 3.05) is 13.7 Å². The van der Waals surface area contributed by atoms with E-state index in [9.17, 15) is 9.59 Å². The van der Waals surface area contributed by atoms with Gasteiger partial charge in [0.15, 0.2) is 0 Å². The van der Waals surface area contributed by atoms with Crippen LogP contribution < -0.4 is 5.32 Å². The van der Waals surface area contributed by atoms with Crippen molar-refractivity contribution in [3.63, 3.8) is 0 Å². The zero-order chi connectivity index (χ0) is 17.9. The number of hydrogen-bond acceptors (Lipinski definition) is 4. The first kappa shape index (κ1) is 18.3. The van der Waals surface area contributed by atoms with Gasteiger partial charge in [-0.05, 0) is 18.3 Å². The molecular formula is C17H28N4O3. The van der Waals surface area contributed by atoms with Gasteiger partial charge in [-0.1, -0.05) is 27.7 Å². The van der Waals surface area contributed by atoms with Gasteiger partial charge >= 0.3 is 6.09 Å². The molecular weight excluding hydrogens is 308 g/mol. The molecule has 0 bridgehead atoms. The van der Waals surface area contributed by atoms with Crippen LogP contribution in [0.3, 0.4) is 0 Å². The van der Waals surface area contributed by atoms with Gasteiger partial charge in [0.2, 0.25) is 5.91 Å². The second kappa shape index (κ2) is 7.68. The first-order valence-corrected chi connectivity index (χ1v) is 8.52. The summed E-state index contributed by atoms with van der Waals surface area (Å²) < 4.78 is 4.62. The SMILES string of the molecule is COC(=O)N[C@H](C(=O)N1CC[C@H]1Cc1nc(C(C)C)c[nH]1)C(C)C. The third-order valence-corrected chi connectivity index (χ3v) is 4.49. The number of likely N-dealkylation sites (tertiary alicyclic amines) is 1. The first-order chi connectivity index (χ1) is 11.3. The molecule has 0 radical (unpaired) electrons. The Labute approximate surface area is 143 Å². The smallest absolute Gasteiger partial charge is 0.407 e. The number of aromatic amines is 1. The Balaban J connectivity index is 1.99. The third kappa shape index (κ3) is 4.07. The molecule has 0 aliphatic carbocycles. The third-order valence-electron chi connectivity index (χ3n) is 4.49. The number of imidazole rings is 1. The number of nitrogens with one attached hydrogen (secondary N) is 2. The van der Waals surface area contributed by atoms with Crippen LogP contribution in [0, 0.1) is 5.92 Å². The van der Waals surface area contributed by atoms with Gasteiger partial charge in [0, 0.05) is 25.2 Å². The number of nitrogens with zero attached hydrogens (tertiary/aromatic N) is 2. The van der Waals surface area contributed by atoms with Crippen LogP contribution in [-0.4, -0.2) is 52.6 Å². The van der Waals surface area contributed by atoms with Crippen LogP contribution in [0.15, 0.2) is 6.20 Å². The Morgan fingerprint density at radius 1 is 1.42 bits per heavy atom. The van der Waals surface area contributed by atoms with E-state index in [-0.39, 0.29) is 17.9 Å². The molecule has 7 nitrogen and oxygen atoms in total. The van der Waals surface area contributed by atoms with Crippen molar-refractivity contribution in [3.8, 4) is 0 Å². The molecule has 24 heavy (non-hydrogen) atoms. The van der Waals surface area contributed by atoms with Gasteiger partial charge in [-0.2, -0.15) is 0 Å². The van der Waals surface area contributed by atoms with Crippen molar-refractivity contribution < 1.29 is 14.3 Å².